The molecule has 1 aromatic carbocycles. The number of benzene rings is 1. The molecule has 122 valence electrons. The number of halogens is 1. The number of rotatable bonds is 6. The standard InChI is InChI=1S/C14H18FNO5S/c1-10(21-9-12-3-2-8-20-12)14(17)16-22(18,19)13-6-4-11(15)5-7-13/h4-7,10,12H,2-3,8-9H2,1H3,(H,16,17)/t10-,12+/m0/s1. The molecule has 1 aliphatic rings. The first-order valence-electron chi connectivity index (χ1n) is 6.94. The molecule has 1 heterocycles. The first-order valence-corrected chi connectivity index (χ1v) is 8.42. The predicted molar refractivity (Wildman–Crippen MR) is 76.1 cm³/mol. The van der Waals surface area contributed by atoms with Gasteiger partial charge in [0.1, 0.15) is 11.9 Å². The average molecular weight is 331 g/mol. The molecule has 0 aliphatic carbocycles. The van der Waals surface area contributed by atoms with Gasteiger partial charge in [-0.3, -0.25) is 4.79 Å². The molecule has 2 atom stereocenters. The van der Waals surface area contributed by atoms with Crippen molar-refractivity contribution in [3.05, 3.63) is 30.1 Å². The van der Waals surface area contributed by atoms with Crippen molar-refractivity contribution in [1.82, 2.24) is 4.72 Å². The monoisotopic (exact) mass is 331 g/mol. The highest BCUT2D eigenvalue weighted by Gasteiger charge is 2.24. The van der Waals surface area contributed by atoms with Gasteiger partial charge in [0.2, 0.25) is 0 Å². The van der Waals surface area contributed by atoms with Crippen molar-refractivity contribution >= 4 is 15.9 Å². The molecule has 0 aromatic heterocycles. The highest BCUT2D eigenvalue weighted by Crippen LogP contribution is 2.13. The van der Waals surface area contributed by atoms with E-state index in [1.165, 1.54) is 6.92 Å². The van der Waals surface area contributed by atoms with Gasteiger partial charge in [0.25, 0.3) is 15.9 Å². The maximum Gasteiger partial charge on any atom is 0.264 e. The summed E-state index contributed by atoms with van der Waals surface area (Å²) in [5.74, 6) is -1.33. The van der Waals surface area contributed by atoms with Gasteiger partial charge in [-0.15, -0.1) is 0 Å². The summed E-state index contributed by atoms with van der Waals surface area (Å²) in [6.07, 6.45) is 0.832. The summed E-state index contributed by atoms with van der Waals surface area (Å²) in [5.41, 5.74) is 0. The third kappa shape index (κ3) is 4.49. The molecule has 1 aromatic rings. The minimum Gasteiger partial charge on any atom is -0.376 e. The smallest absolute Gasteiger partial charge is 0.264 e. The van der Waals surface area contributed by atoms with Gasteiger partial charge in [-0.05, 0) is 44.0 Å². The summed E-state index contributed by atoms with van der Waals surface area (Å²) < 4.78 is 49.4. The van der Waals surface area contributed by atoms with Crippen LogP contribution in [-0.4, -0.2) is 39.7 Å². The molecule has 1 saturated heterocycles. The fourth-order valence-corrected chi connectivity index (χ4v) is 3.03. The lowest BCUT2D eigenvalue weighted by molar-refractivity contribution is -0.131. The van der Waals surface area contributed by atoms with E-state index in [9.17, 15) is 17.6 Å². The van der Waals surface area contributed by atoms with E-state index in [0.717, 1.165) is 37.1 Å². The lowest BCUT2D eigenvalue weighted by atomic mass is 10.2. The van der Waals surface area contributed by atoms with Crippen molar-refractivity contribution in [2.45, 2.75) is 36.9 Å². The zero-order chi connectivity index (χ0) is 16.2. The van der Waals surface area contributed by atoms with Crippen molar-refractivity contribution in [2.75, 3.05) is 13.2 Å². The van der Waals surface area contributed by atoms with Crippen LogP contribution in [0.4, 0.5) is 4.39 Å². The molecular formula is C14H18FNO5S. The Morgan fingerprint density at radius 3 is 2.73 bits per heavy atom. The van der Waals surface area contributed by atoms with E-state index in [1.807, 2.05) is 4.72 Å². The molecule has 1 N–H and O–H groups in total. The topological polar surface area (TPSA) is 81.7 Å². The van der Waals surface area contributed by atoms with Crippen LogP contribution in [0.15, 0.2) is 29.2 Å². The van der Waals surface area contributed by atoms with E-state index in [4.69, 9.17) is 9.47 Å². The Hall–Kier alpha value is -1.51. The summed E-state index contributed by atoms with van der Waals surface area (Å²) in [7, 11) is -4.04. The van der Waals surface area contributed by atoms with Crippen LogP contribution in [-0.2, 0) is 24.3 Å². The first-order chi connectivity index (χ1) is 10.4. The molecule has 0 radical (unpaired) electrons. The Morgan fingerprint density at radius 2 is 2.14 bits per heavy atom. The van der Waals surface area contributed by atoms with Crippen LogP contribution >= 0.6 is 0 Å². The Balaban J connectivity index is 1.90. The van der Waals surface area contributed by atoms with E-state index in [1.54, 1.807) is 0 Å². The molecule has 1 fully saturated rings. The lowest BCUT2D eigenvalue weighted by Gasteiger charge is -2.16. The first kappa shape index (κ1) is 16.9. The number of sulfonamides is 1. The Labute approximate surface area is 128 Å². The van der Waals surface area contributed by atoms with Crippen LogP contribution in [0.25, 0.3) is 0 Å². The molecule has 2 rings (SSSR count). The number of hydrogen-bond donors (Lipinski definition) is 1. The van der Waals surface area contributed by atoms with E-state index < -0.39 is 27.9 Å². The second kappa shape index (κ2) is 7.17. The fraction of sp³-hybridized carbons (Fsp3) is 0.500. The molecule has 0 unspecified atom stereocenters. The van der Waals surface area contributed by atoms with Crippen LogP contribution in [0.3, 0.4) is 0 Å². The largest absolute Gasteiger partial charge is 0.376 e. The maximum atomic E-state index is 12.8. The number of carbonyl (C=O) groups excluding carboxylic acids is 1. The normalized spacial score (nSPS) is 19.8. The number of amides is 1. The number of hydrogen-bond acceptors (Lipinski definition) is 5. The summed E-state index contributed by atoms with van der Waals surface area (Å²) >= 11 is 0. The zero-order valence-corrected chi connectivity index (χ0v) is 12.9. The van der Waals surface area contributed by atoms with E-state index >= 15 is 0 Å². The number of ether oxygens (including phenoxy) is 2. The van der Waals surface area contributed by atoms with Gasteiger partial charge in [-0.25, -0.2) is 17.5 Å². The van der Waals surface area contributed by atoms with Crippen LogP contribution in [0.1, 0.15) is 19.8 Å². The minimum atomic E-state index is -4.04. The second-order valence-corrected chi connectivity index (χ2v) is 6.72. The summed E-state index contributed by atoms with van der Waals surface area (Å²) in [6, 6.07) is 4.19. The summed E-state index contributed by atoms with van der Waals surface area (Å²) in [4.78, 5) is 11.7. The molecule has 6 nitrogen and oxygen atoms in total. The SMILES string of the molecule is C[C@H](OC[C@H]1CCCO1)C(=O)NS(=O)(=O)c1ccc(F)cc1. The molecular weight excluding hydrogens is 313 g/mol. The molecule has 22 heavy (non-hydrogen) atoms. The van der Waals surface area contributed by atoms with Gasteiger partial charge in [0, 0.05) is 6.61 Å². The summed E-state index contributed by atoms with van der Waals surface area (Å²) in [5, 5.41) is 0. The molecule has 8 heteroatoms. The van der Waals surface area contributed by atoms with Crippen LogP contribution < -0.4 is 4.72 Å². The Morgan fingerprint density at radius 1 is 1.45 bits per heavy atom. The van der Waals surface area contributed by atoms with Gasteiger partial charge >= 0.3 is 0 Å². The van der Waals surface area contributed by atoms with E-state index in [2.05, 4.69) is 0 Å². The Bertz CT molecular complexity index is 611. The maximum absolute atomic E-state index is 12.8. The van der Waals surface area contributed by atoms with Crippen LogP contribution in [0, 0.1) is 5.82 Å². The molecule has 0 spiro atoms. The second-order valence-electron chi connectivity index (χ2n) is 5.03. The van der Waals surface area contributed by atoms with Crippen LogP contribution in [0.5, 0.6) is 0 Å². The average Bonchev–Trinajstić information content (AvgIpc) is 2.98. The quantitative estimate of drug-likeness (QED) is 0.847. The lowest BCUT2D eigenvalue weighted by Crippen LogP contribution is -2.39. The van der Waals surface area contributed by atoms with Crippen molar-refractivity contribution in [1.29, 1.82) is 0 Å². The fourth-order valence-electron chi connectivity index (χ4n) is 1.99. The zero-order valence-electron chi connectivity index (χ0n) is 12.1. The highest BCUT2D eigenvalue weighted by atomic mass is 32.2. The van der Waals surface area contributed by atoms with Crippen molar-refractivity contribution in [3.63, 3.8) is 0 Å². The molecule has 0 bridgehead atoms. The Kier molecular flexibility index (Phi) is 5.49. The number of nitrogens with one attached hydrogen (secondary N) is 1. The molecule has 0 saturated carbocycles. The van der Waals surface area contributed by atoms with Crippen LogP contribution in [0.2, 0.25) is 0 Å². The molecule has 1 aliphatic heterocycles. The van der Waals surface area contributed by atoms with Gasteiger partial charge in [-0.2, -0.15) is 0 Å². The van der Waals surface area contributed by atoms with Gasteiger partial charge in [-0.1, -0.05) is 0 Å². The van der Waals surface area contributed by atoms with Gasteiger partial charge < -0.3 is 9.47 Å². The number of carbonyl (C=O) groups is 1. The third-order valence-corrected chi connectivity index (χ3v) is 4.65. The van der Waals surface area contributed by atoms with Gasteiger partial charge in [0.05, 0.1) is 17.6 Å². The van der Waals surface area contributed by atoms with E-state index in [-0.39, 0.29) is 17.6 Å². The van der Waals surface area contributed by atoms with E-state index in [0.29, 0.717) is 6.61 Å². The molecule has 1 amide bonds. The predicted octanol–water partition coefficient (Wildman–Crippen LogP) is 1.21. The summed E-state index contributed by atoms with van der Waals surface area (Å²) in [6.45, 7) is 2.38. The van der Waals surface area contributed by atoms with Gasteiger partial charge in [0.15, 0.2) is 0 Å². The highest BCUT2D eigenvalue weighted by molar-refractivity contribution is 7.90. The van der Waals surface area contributed by atoms with Crippen molar-refractivity contribution in [3.8, 4) is 0 Å². The van der Waals surface area contributed by atoms with Crippen molar-refractivity contribution in [2.24, 2.45) is 0 Å². The third-order valence-electron chi connectivity index (χ3n) is 3.28. The van der Waals surface area contributed by atoms with Crippen molar-refractivity contribution < 1.29 is 27.1 Å². The minimum absolute atomic E-state index is 0.0519.